The summed E-state index contributed by atoms with van der Waals surface area (Å²) >= 11 is 0. The molecule has 2 aromatic rings. The van der Waals surface area contributed by atoms with Crippen LogP contribution in [0.4, 0.5) is 21.9 Å². The highest BCUT2D eigenvalue weighted by atomic mass is 16.2. The van der Waals surface area contributed by atoms with Gasteiger partial charge < -0.3 is 26.2 Å². The number of piperidine rings is 1. The maximum atomic E-state index is 12.1. The molecule has 0 spiro atoms. The van der Waals surface area contributed by atoms with Crippen LogP contribution in [0.3, 0.4) is 0 Å². The van der Waals surface area contributed by atoms with E-state index < -0.39 is 6.04 Å². The van der Waals surface area contributed by atoms with Crippen molar-refractivity contribution in [3.05, 3.63) is 54.1 Å². The van der Waals surface area contributed by atoms with Gasteiger partial charge >= 0.3 is 6.03 Å². The summed E-state index contributed by atoms with van der Waals surface area (Å²) < 4.78 is 0. The Morgan fingerprint density at radius 2 is 1.69 bits per heavy atom. The van der Waals surface area contributed by atoms with Gasteiger partial charge in [0.25, 0.3) is 0 Å². The predicted octanol–water partition coefficient (Wildman–Crippen LogP) is 3.74. The molecule has 32 heavy (non-hydrogen) atoms. The number of urea groups is 1. The van der Waals surface area contributed by atoms with E-state index in [2.05, 4.69) is 57.4 Å². The van der Waals surface area contributed by atoms with Crippen molar-refractivity contribution in [2.75, 3.05) is 29.9 Å². The number of carbonyl (C=O) groups excluding carboxylic acids is 2. The third kappa shape index (κ3) is 5.72. The Hall–Kier alpha value is -3.22. The first-order valence-corrected chi connectivity index (χ1v) is 11.6. The topological polar surface area (TPSA) is 85.5 Å². The highest BCUT2D eigenvalue weighted by Crippen LogP contribution is 2.27. The quantitative estimate of drug-likeness (QED) is 0.509. The second kappa shape index (κ2) is 10.4. The maximum absolute atomic E-state index is 12.1. The normalized spacial score (nSPS) is 18.7. The van der Waals surface area contributed by atoms with Gasteiger partial charge in [0.1, 0.15) is 6.04 Å². The Bertz CT molecular complexity index is 905. The van der Waals surface area contributed by atoms with Crippen molar-refractivity contribution in [3.8, 4) is 0 Å². The molecule has 7 heteroatoms. The first-order chi connectivity index (χ1) is 15.6. The lowest BCUT2D eigenvalue weighted by molar-refractivity contribution is -0.122. The van der Waals surface area contributed by atoms with Crippen LogP contribution >= 0.6 is 0 Å². The van der Waals surface area contributed by atoms with Gasteiger partial charge in [0.2, 0.25) is 5.91 Å². The minimum atomic E-state index is -0.505. The van der Waals surface area contributed by atoms with E-state index in [0.717, 1.165) is 35.9 Å². The summed E-state index contributed by atoms with van der Waals surface area (Å²) in [5.41, 5.74) is 4.36. The maximum Gasteiger partial charge on any atom is 0.315 e. The largest absolute Gasteiger partial charge is 0.372 e. The van der Waals surface area contributed by atoms with Crippen molar-refractivity contribution in [1.29, 1.82) is 0 Å². The van der Waals surface area contributed by atoms with E-state index in [1.165, 1.54) is 31.4 Å². The average Bonchev–Trinajstić information content (AvgIpc) is 3.26. The van der Waals surface area contributed by atoms with Crippen LogP contribution in [-0.2, 0) is 11.3 Å². The van der Waals surface area contributed by atoms with E-state index >= 15 is 0 Å². The number of nitrogens with one attached hydrogen (secondary N) is 4. The Kier molecular flexibility index (Phi) is 7.14. The molecular weight excluding hydrogens is 402 g/mol. The molecule has 2 fully saturated rings. The zero-order valence-electron chi connectivity index (χ0n) is 18.7. The molecule has 0 radical (unpaired) electrons. The predicted molar refractivity (Wildman–Crippen MR) is 128 cm³/mol. The Morgan fingerprint density at radius 3 is 2.28 bits per heavy atom. The molecule has 2 aliphatic heterocycles. The third-order valence-electron chi connectivity index (χ3n) is 6.34. The lowest BCUT2D eigenvalue weighted by Crippen LogP contribution is -2.42. The van der Waals surface area contributed by atoms with Crippen molar-refractivity contribution in [1.82, 2.24) is 16.0 Å². The number of hydrogen-bond acceptors (Lipinski definition) is 4. The van der Waals surface area contributed by atoms with Crippen LogP contribution in [-0.4, -0.2) is 37.6 Å². The van der Waals surface area contributed by atoms with E-state index in [1.54, 1.807) is 0 Å². The van der Waals surface area contributed by atoms with Crippen molar-refractivity contribution in [3.63, 3.8) is 0 Å². The Balaban J connectivity index is 1.24. The molecule has 170 valence electrons. The van der Waals surface area contributed by atoms with Gasteiger partial charge in [-0.2, -0.15) is 0 Å². The molecule has 2 heterocycles. The summed E-state index contributed by atoms with van der Waals surface area (Å²) in [7, 11) is 0. The van der Waals surface area contributed by atoms with E-state index in [4.69, 9.17) is 0 Å². The average molecular weight is 436 g/mol. The lowest BCUT2D eigenvalue weighted by Gasteiger charge is -2.33. The molecule has 0 aromatic heterocycles. The number of rotatable bonds is 8. The number of carbonyl (C=O) groups is 2. The van der Waals surface area contributed by atoms with Crippen molar-refractivity contribution in [2.24, 2.45) is 5.92 Å². The number of anilines is 3. The summed E-state index contributed by atoms with van der Waals surface area (Å²) in [5.74, 6) is 0.717. The Labute approximate surface area is 190 Å². The fourth-order valence-electron chi connectivity index (χ4n) is 4.44. The number of nitrogens with zero attached hydrogens (tertiary/aromatic N) is 1. The van der Waals surface area contributed by atoms with Gasteiger partial charge in [-0.3, -0.25) is 4.79 Å². The molecule has 0 aliphatic carbocycles. The molecular formula is C25H33N5O2. The lowest BCUT2D eigenvalue weighted by atomic mass is 9.92. The molecule has 0 saturated carbocycles. The zero-order chi connectivity index (χ0) is 22.3. The fourth-order valence-corrected chi connectivity index (χ4v) is 4.44. The molecule has 0 bridgehead atoms. The summed E-state index contributed by atoms with van der Waals surface area (Å²) in [6.07, 6.45) is 5.25. The molecule has 0 unspecified atom stereocenters. The van der Waals surface area contributed by atoms with Crippen LogP contribution in [0.5, 0.6) is 0 Å². The van der Waals surface area contributed by atoms with Crippen LogP contribution in [0.25, 0.3) is 0 Å². The monoisotopic (exact) mass is 435 g/mol. The minimum Gasteiger partial charge on any atom is -0.372 e. The molecule has 1 atom stereocenters. The van der Waals surface area contributed by atoms with Crippen molar-refractivity contribution < 1.29 is 9.59 Å². The zero-order valence-corrected chi connectivity index (χ0v) is 18.7. The molecule has 3 amide bonds. The van der Waals surface area contributed by atoms with Gasteiger partial charge in [-0.25, -0.2) is 4.79 Å². The smallest absolute Gasteiger partial charge is 0.315 e. The van der Waals surface area contributed by atoms with Crippen molar-refractivity contribution >= 4 is 29.0 Å². The fraction of sp³-hybridized carbons (Fsp3) is 0.440. The molecule has 7 nitrogen and oxygen atoms in total. The first kappa shape index (κ1) is 22.0. The molecule has 2 aromatic carbocycles. The third-order valence-corrected chi connectivity index (χ3v) is 6.34. The van der Waals surface area contributed by atoms with Gasteiger partial charge in [-0.15, -0.1) is 0 Å². The van der Waals surface area contributed by atoms with Gasteiger partial charge in [-0.1, -0.05) is 31.9 Å². The van der Waals surface area contributed by atoms with E-state index in [-0.39, 0.29) is 11.9 Å². The number of hydrogen-bond donors (Lipinski definition) is 4. The van der Waals surface area contributed by atoms with Gasteiger partial charge in [0, 0.05) is 43.2 Å². The van der Waals surface area contributed by atoms with Gasteiger partial charge in [0.15, 0.2) is 0 Å². The molecule has 4 rings (SSSR count). The second-order valence-electron chi connectivity index (χ2n) is 8.71. The van der Waals surface area contributed by atoms with E-state index in [0.29, 0.717) is 13.1 Å². The van der Waals surface area contributed by atoms with Crippen LogP contribution in [0, 0.1) is 5.92 Å². The second-order valence-corrected chi connectivity index (χ2v) is 8.71. The molecule has 2 aliphatic rings. The first-order valence-electron chi connectivity index (χ1n) is 11.6. The summed E-state index contributed by atoms with van der Waals surface area (Å²) in [5, 5.41) is 11.5. The minimum absolute atomic E-state index is 0.180. The van der Waals surface area contributed by atoms with Gasteiger partial charge in [-0.05, 0) is 60.7 Å². The Morgan fingerprint density at radius 1 is 1.03 bits per heavy atom. The van der Waals surface area contributed by atoms with Crippen LogP contribution in [0.15, 0.2) is 48.5 Å². The SMILES string of the molecule is CCCC1CCN(c2ccc(Nc3ccc(CNC(=O)[C@H]4CNC(=O)N4)cc3)cc2)CC1. The standard InChI is InChI=1S/C25H33N5O2/c1-2-3-18-12-14-30(15-13-18)22-10-8-21(9-11-22)28-20-6-4-19(5-7-20)16-26-24(31)23-17-27-25(32)29-23/h4-11,18,23,28H,2-3,12-17H2,1H3,(H,26,31)(H2,27,29,32)/t23-/m1/s1. The number of benzene rings is 2. The van der Waals surface area contributed by atoms with Gasteiger partial charge in [0.05, 0.1) is 0 Å². The summed E-state index contributed by atoms with van der Waals surface area (Å²) in [4.78, 5) is 25.7. The van der Waals surface area contributed by atoms with Crippen LogP contribution in [0.2, 0.25) is 0 Å². The molecule has 4 N–H and O–H groups in total. The summed E-state index contributed by atoms with van der Waals surface area (Å²) in [6, 6.07) is 15.8. The van der Waals surface area contributed by atoms with E-state index in [1.807, 2.05) is 24.3 Å². The highest BCUT2D eigenvalue weighted by Gasteiger charge is 2.26. The molecule has 2 saturated heterocycles. The number of amides is 3. The summed E-state index contributed by atoms with van der Waals surface area (Å²) in [6.45, 7) is 5.33. The van der Waals surface area contributed by atoms with Crippen molar-refractivity contribution in [2.45, 2.75) is 45.2 Å². The highest BCUT2D eigenvalue weighted by molar-refractivity contribution is 5.90. The van der Waals surface area contributed by atoms with E-state index in [9.17, 15) is 9.59 Å². The van der Waals surface area contributed by atoms with Crippen LogP contribution < -0.4 is 26.2 Å². The van der Waals surface area contributed by atoms with Crippen LogP contribution in [0.1, 0.15) is 38.2 Å².